The van der Waals surface area contributed by atoms with Crippen molar-refractivity contribution in [2.45, 2.75) is 6.92 Å². The molecule has 4 aromatic heterocycles. The number of hydrogen-bond donors (Lipinski definition) is 0. The number of hydrogen-bond acceptors (Lipinski definition) is 7. The van der Waals surface area contributed by atoms with Crippen LogP contribution in [0.25, 0.3) is 27.1 Å². The molecule has 20 heavy (non-hydrogen) atoms. The summed E-state index contributed by atoms with van der Waals surface area (Å²) in [6, 6.07) is 1.84. The van der Waals surface area contributed by atoms with Gasteiger partial charge in [-0.1, -0.05) is 16.5 Å². The molecule has 4 aromatic rings. The number of fused-ring (bicyclic) bond motifs is 1. The molecule has 4 rings (SSSR count). The number of aryl methyl sites for hydroxylation is 2. The molecule has 9 heteroatoms. The first-order valence-corrected chi connectivity index (χ1v) is 6.67. The van der Waals surface area contributed by atoms with Crippen molar-refractivity contribution in [2.24, 2.45) is 7.05 Å². The molecule has 0 aliphatic heterocycles. The lowest BCUT2D eigenvalue weighted by atomic mass is 10.3. The van der Waals surface area contributed by atoms with E-state index in [1.807, 2.05) is 26.2 Å². The Morgan fingerprint density at radius 1 is 1.30 bits per heavy atom. The Kier molecular flexibility index (Phi) is 2.24. The van der Waals surface area contributed by atoms with E-state index >= 15 is 0 Å². The van der Waals surface area contributed by atoms with Gasteiger partial charge in [-0.25, -0.2) is 0 Å². The van der Waals surface area contributed by atoms with Crippen molar-refractivity contribution in [3.8, 4) is 22.1 Å². The third-order valence-electron chi connectivity index (χ3n) is 2.80. The maximum absolute atomic E-state index is 5.07. The monoisotopic (exact) mass is 287 g/mol. The van der Waals surface area contributed by atoms with Gasteiger partial charge in [-0.05, 0) is 6.92 Å². The fourth-order valence-corrected chi connectivity index (χ4v) is 2.70. The second kappa shape index (κ2) is 3.97. The largest absolute Gasteiger partial charge is 0.361 e. The van der Waals surface area contributed by atoms with Crippen molar-refractivity contribution in [1.29, 1.82) is 0 Å². The third-order valence-corrected chi connectivity index (χ3v) is 3.72. The van der Waals surface area contributed by atoms with Crippen molar-refractivity contribution < 1.29 is 4.52 Å². The lowest BCUT2D eigenvalue weighted by Crippen LogP contribution is -1.90. The minimum atomic E-state index is 0.663. The highest BCUT2D eigenvalue weighted by Crippen LogP contribution is 2.27. The Hall–Kier alpha value is -2.55. The summed E-state index contributed by atoms with van der Waals surface area (Å²) < 4.78 is 8.48. The maximum Gasteiger partial charge on any atom is 0.235 e. The van der Waals surface area contributed by atoms with Crippen LogP contribution < -0.4 is 0 Å². The van der Waals surface area contributed by atoms with E-state index in [0.717, 1.165) is 16.3 Å². The van der Waals surface area contributed by atoms with Crippen LogP contribution in [0.5, 0.6) is 0 Å². The first-order chi connectivity index (χ1) is 9.70. The number of aromatic nitrogens is 7. The second-order valence-corrected chi connectivity index (χ2v) is 5.31. The van der Waals surface area contributed by atoms with Gasteiger partial charge < -0.3 is 4.52 Å². The van der Waals surface area contributed by atoms with E-state index in [2.05, 4.69) is 25.6 Å². The van der Waals surface area contributed by atoms with E-state index in [1.165, 1.54) is 11.3 Å². The number of nitrogens with zero attached hydrogens (tertiary/aromatic N) is 7. The topological polar surface area (TPSA) is 86.9 Å². The average Bonchev–Trinajstić information content (AvgIpc) is 3.11. The Morgan fingerprint density at radius 3 is 2.90 bits per heavy atom. The Bertz CT molecular complexity index is 899. The zero-order chi connectivity index (χ0) is 13.7. The summed E-state index contributed by atoms with van der Waals surface area (Å²) in [5, 5.41) is 21.6. The van der Waals surface area contributed by atoms with Gasteiger partial charge in [0.05, 0.1) is 11.8 Å². The minimum Gasteiger partial charge on any atom is -0.361 e. The summed E-state index contributed by atoms with van der Waals surface area (Å²) in [5.41, 5.74) is 1.57. The average molecular weight is 287 g/mol. The number of rotatable bonds is 2. The first-order valence-electron chi connectivity index (χ1n) is 5.85. The van der Waals surface area contributed by atoms with Crippen molar-refractivity contribution in [1.82, 2.24) is 34.7 Å². The van der Waals surface area contributed by atoms with Gasteiger partial charge in [0, 0.05) is 19.3 Å². The van der Waals surface area contributed by atoms with E-state index < -0.39 is 0 Å². The van der Waals surface area contributed by atoms with Crippen LogP contribution in [0.2, 0.25) is 0 Å². The molecule has 0 bridgehead atoms. The molecule has 0 saturated carbocycles. The molecule has 0 aromatic carbocycles. The van der Waals surface area contributed by atoms with Crippen molar-refractivity contribution >= 4 is 16.3 Å². The fourth-order valence-electron chi connectivity index (χ4n) is 1.90. The predicted molar refractivity (Wildman–Crippen MR) is 71.1 cm³/mol. The summed E-state index contributed by atoms with van der Waals surface area (Å²) >= 11 is 1.41. The van der Waals surface area contributed by atoms with Crippen LogP contribution in [0.3, 0.4) is 0 Å². The van der Waals surface area contributed by atoms with Crippen LogP contribution in [0.15, 0.2) is 23.0 Å². The molecule has 0 unspecified atom stereocenters. The third kappa shape index (κ3) is 1.63. The van der Waals surface area contributed by atoms with Gasteiger partial charge in [0.15, 0.2) is 10.8 Å². The van der Waals surface area contributed by atoms with Crippen molar-refractivity contribution in [3.63, 3.8) is 0 Å². The van der Waals surface area contributed by atoms with Crippen molar-refractivity contribution in [3.05, 3.63) is 24.2 Å². The first kappa shape index (κ1) is 11.3. The van der Waals surface area contributed by atoms with Crippen LogP contribution in [0, 0.1) is 6.92 Å². The zero-order valence-electron chi connectivity index (χ0n) is 10.7. The van der Waals surface area contributed by atoms with Gasteiger partial charge in [0.2, 0.25) is 4.96 Å². The molecule has 100 valence electrons. The molecule has 0 aliphatic carbocycles. The predicted octanol–water partition coefficient (Wildman–Crippen LogP) is 1.55. The molecular weight excluding hydrogens is 278 g/mol. The molecular formula is C11H9N7OS. The molecule has 8 nitrogen and oxygen atoms in total. The van der Waals surface area contributed by atoms with Crippen molar-refractivity contribution in [2.75, 3.05) is 0 Å². The van der Waals surface area contributed by atoms with Crippen LogP contribution in [-0.2, 0) is 7.05 Å². The summed E-state index contributed by atoms with van der Waals surface area (Å²) in [7, 11) is 1.85. The van der Waals surface area contributed by atoms with E-state index in [4.69, 9.17) is 4.52 Å². The molecule has 0 aliphatic rings. The normalized spacial score (nSPS) is 11.5. The van der Waals surface area contributed by atoms with Gasteiger partial charge in [-0.3, -0.25) is 4.68 Å². The van der Waals surface area contributed by atoms with Crippen LogP contribution in [0.1, 0.15) is 5.76 Å². The molecule has 0 amide bonds. The summed E-state index contributed by atoms with van der Waals surface area (Å²) in [6.45, 7) is 1.85. The highest BCUT2D eigenvalue weighted by atomic mass is 32.1. The van der Waals surface area contributed by atoms with Crippen LogP contribution in [-0.4, -0.2) is 34.7 Å². The molecule has 0 atom stereocenters. The highest BCUT2D eigenvalue weighted by Gasteiger charge is 2.17. The van der Waals surface area contributed by atoms with Gasteiger partial charge in [0.1, 0.15) is 11.5 Å². The lowest BCUT2D eigenvalue weighted by Gasteiger charge is -1.89. The zero-order valence-corrected chi connectivity index (χ0v) is 11.5. The molecule has 0 spiro atoms. The minimum absolute atomic E-state index is 0.663. The summed E-state index contributed by atoms with van der Waals surface area (Å²) in [6.07, 6.45) is 3.60. The Morgan fingerprint density at radius 2 is 2.20 bits per heavy atom. The Balaban J connectivity index is 1.86. The molecule has 0 saturated heterocycles. The molecule has 0 fully saturated rings. The highest BCUT2D eigenvalue weighted by molar-refractivity contribution is 7.19. The van der Waals surface area contributed by atoms with E-state index in [9.17, 15) is 0 Å². The molecule has 0 N–H and O–H groups in total. The van der Waals surface area contributed by atoms with E-state index in [1.54, 1.807) is 15.4 Å². The second-order valence-electron chi connectivity index (χ2n) is 4.35. The summed E-state index contributed by atoms with van der Waals surface area (Å²) in [5.74, 6) is 1.41. The van der Waals surface area contributed by atoms with E-state index in [0.29, 0.717) is 16.5 Å². The fraction of sp³-hybridized carbons (Fsp3) is 0.182. The summed E-state index contributed by atoms with van der Waals surface area (Å²) in [4.78, 5) is 0.708. The SMILES string of the molecule is Cc1cc(-c2nn3c(-c4cnn(C)c4)nnc3s2)no1. The Labute approximate surface area is 116 Å². The van der Waals surface area contributed by atoms with Crippen LogP contribution >= 0.6 is 11.3 Å². The maximum atomic E-state index is 5.07. The molecule has 0 radical (unpaired) electrons. The van der Waals surface area contributed by atoms with Crippen LogP contribution in [0.4, 0.5) is 0 Å². The molecule has 4 heterocycles. The van der Waals surface area contributed by atoms with Gasteiger partial charge in [-0.15, -0.1) is 10.2 Å². The van der Waals surface area contributed by atoms with Gasteiger partial charge in [-0.2, -0.15) is 14.7 Å². The van der Waals surface area contributed by atoms with Gasteiger partial charge >= 0.3 is 0 Å². The lowest BCUT2D eigenvalue weighted by molar-refractivity contribution is 0.399. The quantitative estimate of drug-likeness (QED) is 0.556. The van der Waals surface area contributed by atoms with E-state index in [-0.39, 0.29) is 0 Å². The smallest absolute Gasteiger partial charge is 0.235 e. The standard InChI is InChI=1S/C11H9N7OS/c1-6-3-8(16-19-6)10-15-18-9(13-14-11(18)20-10)7-4-12-17(2)5-7/h3-5H,1-2H3. The van der Waals surface area contributed by atoms with Gasteiger partial charge in [0.25, 0.3) is 0 Å².